The maximum absolute atomic E-state index is 14.2. The van der Waals surface area contributed by atoms with Crippen molar-refractivity contribution in [3.05, 3.63) is 52.1 Å². The molecule has 0 spiro atoms. The first-order chi connectivity index (χ1) is 29.9. The summed E-state index contributed by atoms with van der Waals surface area (Å²) in [7, 11) is 1.73. The van der Waals surface area contributed by atoms with Crippen molar-refractivity contribution in [1.82, 2.24) is 35.2 Å². The number of thiazole rings is 1. The maximum atomic E-state index is 14.2. The zero-order valence-electron chi connectivity index (χ0n) is 36.8. The SMILES string of the molecule is CCn1c(-c2cc(N3CCN4CCCC[C@@H]4C3)cnc2[C@H](C)OC)c2c3cc(ccc31)-c1csc(n1)C[C@H](NC(=O)[C@H]1C[C@H]1CF)C(=O)N1CCC[C@H](N1)C(=O)OCC(C)(C)C2. The Kier molecular flexibility index (Phi) is 12.2. The van der Waals surface area contributed by atoms with Gasteiger partial charge < -0.3 is 24.3 Å². The van der Waals surface area contributed by atoms with Crippen LogP contribution in [-0.2, 0) is 43.2 Å². The van der Waals surface area contributed by atoms with Crippen LogP contribution in [0.4, 0.5) is 10.1 Å². The van der Waals surface area contributed by atoms with Gasteiger partial charge in [0.15, 0.2) is 0 Å². The van der Waals surface area contributed by atoms with Gasteiger partial charge in [0, 0.05) is 91.0 Å². The second-order valence-electron chi connectivity index (χ2n) is 18.9. The number of nitrogens with zero attached hydrogens (tertiary/aromatic N) is 6. The molecule has 332 valence electrons. The number of carbonyl (C=O) groups excluding carboxylic acids is 3. The molecule has 0 unspecified atom stereocenters. The van der Waals surface area contributed by atoms with Crippen molar-refractivity contribution in [2.75, 3.05) is 58.0 Å². The van der Waals surface area contributed by atoms with Crippen LogP contribution in [0, 0.1) is 17.3 Å². The summed E-state index contributed by atoms with van der Waals surface area (Å²) in [5, 5.41) is 8.16. The van der Waals surface area contributed by atoms with E-state index in [0.29, 0.717) is 49.8 Å². The number of carbonyl (C=O) groups is 3. The van der Waals surface area contributed by atoms with Crippen LogP contribution in [0.5, 0.6) is 0 Å². The zero-order valence-corrected chi connectivity index (χ0v) is 37.6. The summed E-state index contributed by atoms with van der Waals surface area (Å²) in [6.07, 6.45) is 7.85. The molecule has 6 atom stereocenters. The number of hydrogen-bond donors (Lipinski definition) is 2. The highest BCUT2D eigenvalue weighted by atomic mass is 32.1. The van der Waals surface area contributed by atoms with E-state index in [9.17, 15) is 18.8 Å². The van der Waals surface area contributed by atoms with E-state index in [4.69, 9.17) is 19.4 Å². The van der Waals surface area contributed by atoms with Gasteiger partial charge in [-0.05, 0) is 88.6 Å². The van der Waals surface area contributed by atoms with Crippen molar-refractivity contribution in [2.45, 2.75) is 110 Å². The highest BCUT2D eigenvalue weighted by Crippen LogP contribution is 2.44. The first kappa shape index (κ1) is 42.8. The smallest absolute Gasteiger partial charge is 0.324 e. The zero-order chi connectivity index (χ0) is 43.3. The Morgan fingerprint density at radius 1 is 1.13 bits per heavy atom. The van der Waals surface area contributed by atoms with E-state index in [1.165, 1.54) is 42.2 Å². The lowest BCUT2D eigenvalue weighted by Gasteiger charge is -2.45. The molecule has 1 saturated carbocycles. The molecule has 0 radical (unpaired) electrons. The second kappa shape index (κ2) is 17.6. The number of methoxy groups -OCH3 is 1. The summed E-state index contributed by atoms with van der Waals surface area (Å²) in [5.74, 6) is -1.88. The van der Waals surface area contributed by atoms with Crippen LogP contribution in [0.15, 0.2) is 35.8 Å². The van der Waals surface area contributed by atoms with Gasteiger partial charge in [0.1, 0.15) is 12.1 Å². The van der Waals surface area contributed by atoms with E-state index in [0.717, 1.165) is 70.0 Å². The number of pyridine rings is 1. The van der Waals surface area contributed by atoms with Crippen LogP contribution >= 0.6 is 11.3 Å². The molecule has 4 aromatic rings. The van der Waals surface area contributed by atoms with Gasteiger partial charge in [0.25, 0.3) is 5.91 Å². The van der Waals surface area contributed by atoms with Crippen LogP contribution in [0.1, 0.15) is 88.6 Å². The molecule has 62 heavy (non-hydrogen) atoms. The molecule has 5 aliphatic rings. The number of rotatable bonds is 8. The summed E-state index contributed by atoms with van der Waals surface area (Å²) >= 11 is 1.44. The Labute approximate surface area is 367 Å². The number of hydrogen-bond acceptors (Lipinski definition) is 11. The normalized spacial score (nSPS) is 26.1. The van der Waals surface area contributed by atoms with Gasteiger partial charge in [-0.2, -0.15) is 0 Å². The van der Waals surface area contributed by atoms with Gasteiger partial charge >= 0.3 is 5.97 Å². The standard InChI is InChI=1S/C47H61FN8O5S/c1-6-55-40-13-12-29-18-34(40)36(43(55)35-20-32(24-49-42(35)28(2)60-5)54-17-16-53-14-8-7-10-31(53)25-54)22-47(3,4)27-61-46(59)37-11-9-15-56(52-37)45(58)38(21-41-50-39(29)26-62-41)51-44(57)33-19-30(33)23-48/h12-13,18,20,24,26,28,30-31,33,37-38,52H,6-11,14-17,19,21-23,25,27H2,1-5H3,(H,51,57)/t28-,30-,31+,33-,37-,38-/m0/s1. The third-order valence-electron chi connectivity index (χ3n) is 13.9. The van der Waals surface area contributed by atoms with Crippen LogP contribution < -0.4 is 15.6 Å². The van der Waals surface area contributed by atoms with Crippen molar-refractivity contribution in [3.8, 4) is 22.5 Å². The molecule has 2 amide bonds. The van der Waals surface area contributed by atoms with Crippen molar-refractivity contribution in [2.24, 2.45) is 17.3 Å². The molecule has 13 nitrogen and oxygen atoms in total. The summed E-state index contributed by atoms with van der Waals surface area (Å²) in [6, 6.07) is 7.71. The number of hydrazine groups is 1. The Morgan fingerprint density at radius 3 is 2.77 bits per heavy atom. The number of aryl methyl sites for hydroxylation is 1. The molecule has 2 N–H and O–H groups in total. The highest BCUT2D eigenvalue weighted by molar-refractivity contribution is 7.10. The predicted octanol–water partition coefficient (Wildman–Crippen LogP) is 6.48. The molecule has 1 aromatic carbocycles. The van der Waals surface area contributed by atoms with Gasteiger partial charge in [-0.3, -0.25) is 33.7 Å². The number of aromatic nitrogens is 3. The molecule has 1 aliphatic carbocycles. The van der Waals surface area contributed by atoms with E-state index in [1.807, 2.05) is 11.6 Å². The van der Waals surface area contributed by atoms with Gasteiger partial charge in [-0.25, -0.2) is 10.4 Å². The van der Waals surface area contributed by atoms with Crippen LogP contribution in [0.2, 0.25) is 0 Å². The number of benzene rings is 1. The van der Waals surface area contributed by atoms with Crippen LogP contribution in [0.25, 0.3) is 33.4 Å². The molecule has 4 aliphatic heterocycles. The van der Waals surface area contributed by atoms with E-state index < -0.39 is 36.1 Å². The van der Waals surface area contributed by atoms with Gasteiger partial charge in [-0.15, -0.1) is 11.3 Å². The lowest BCUT2D eigenvalue weighted by atomic mass is 9.84. The van der Waals surface area contributed by atoms with Gasteiger partial charge in [0.2, 0.25) is 5.91 Å². The molecule has 3 aromatic heterocycles. The van der Waals surface area contributed by atoms with Crippen molar-refractivity contribution >= 4 is 45.7 Å². The van der Waals surface area contributed by atoms with E-state index >= 15 is 0 Å². The topological polar surface area (TPSA) is 134 Å². The lowest BCUT2D eigenvalue weighted by molar-refractivity contribution is -0.155. The molecule has 4 fully saturated rings. The number of piperazine rings is 1. The average Bonchev–Trinajstić information content (AvgIpc) is 3.85. The molecule has 7 heterocycles. The van der Waals surface area contributed by atoms with Gasteiger partial charge in [-0.1, -0.05) is 26.3 Å². The number of halogens is 1. The fraction of sp³-hybridized carbons (Fsp3) is 0.596. The number of ether oxygens (including phenoxy) is 2. The number of piperidine rings is 1. The first-order valence-electron chi connectivity index (χ1n) is 22.7. The van der Waals surface area contributed by atoms with E-state index in [-0.39, 0.29) is 36.9 Å². The number of fused-ring (bicyclic) bond motifs is 7. The average molecular weight is 869 g/mol. The fourth-order valence-corrected chi connectivity index (χ4v) is 11.0. The quantitative estimate of drug-likeness (QED) is 0.190. The molecular formula is C47H61FN8O5S. The molecular weight excluding hydrogens is 808 g/mol. The second-order valence-corrected chi connectivity index (χ2v) is 19.8. The minimum atomic E-state index is -0.947. The number of anilines is 1. The highest BCUT2D eigenvalue weighted by Gasteiger charge is 2.45. The molecule has 9 rings (SSSR count). The van der Waals surface area contributed by atoms with Crippen LogP contribution in [0.3, 0.4) is 0 Å². The maximum Gasteiger partial charge on any atom is 0.324 e. The molecule has 6 bridgehead atoms. The van der Waals surface area contributed by atoms with Gasteiger partial charge in [0.05, 0.1) is 53.4 Å². The third-order valence-corrected chi connectivity index (χ3v) is 14.8. The van der Waals surface area contributed by atoms with E-state index in [2.05, 4.69) is 77.1 Å². The molecule has 15 heteroatoms. The van der Waals surface area contributed by atoms with Crippen molar-refractivity contribution in [3.63, 3.8) is 0 Å². The largest absolute Gasteiger partial charge is 0.464 e. The lowest BCUT2D eigenvalue weighted by Crippen LogP contribution is -2.60. The Morgan fingerprint density at radius 2 is 1.98 bits per heavy atom. The van der Waals surface area contributed by atoms with Crippen LogP contribution in [-0.4, -0.2) is 113 Å². The summed E-state index contributed by atoms with van der Waals surface area (Å²) < 4.78 is 28.0. The van der Waals surface area contributed by atoms with Crippen molar-refractivity contribution < 1.29 is 28.2 Å². The summed E-state index contributed by atoms with van der Waals surface area (Å²) in [6.45, 7) is 13.3. The summed E-state index contributed by atoms with van der Waals surface area (Å²) in [4.78, 5) is 56.7. The minimum Gasteiger partial charge on any atom is -0.464 e. The minimum absolute atomic E-state index is 0.159. The van der Waals surface area contributed by atoms with E-state index in [1.54, 1.807) is 7.11 Å². The number of esters is 1. The number of alkyl halides is 1. The Bertz CT molecular complexity index is 2330. The number of amides is 2. The third kappa shape index (κ3) is 8.49. The monoisotopic (exact) mass is 868 g/mol. The Balaban J connectivity index is 1.15. The first-order valence-corrected chi connectivity index (χ1v) is 23.6. The number of nitrogens with one attached hydrogen (secondary N) is 2. The Hall–Kier alpha value is -4.44. The molecule has 3 saturated heterocycles. The number of cyclic esters (lactones) is 1. The summed E-state index contributed by atoms with van der Waals surface area (Å²) in [5.41, 5.74) is 10.7. The fourth-order valence-electron chi connectivity index (χ4n) is 10.2. The predicted molar refractivity (Wildman–Crippen MR) is 238 cm³/mol. The van der Waals surface area contributed by atoms with Crippen molar-refractivity contribution in [1.29, 1.82) is 0 Å².